The van der Waals surface area contributed by atoms with Crippen molar-refractivity contribution in [2.24, 2.45) is 0 Å². The van der Waals surface area contributed by atoms with Crippen LogP contribution >= 0.6 is 22.7 Å². The van der Waals surface area contributed by atoms with Gasteiger partial charge in [-0.2, -0.15) is 0 Å². The Hall–Kier alpha value is -2.84. The van der Waals surface area contributed by atoms with Crippen LogP contribution in [0.2, 0.25) is 0 Å². The fourth-order valence-electron chi connectivity index (χ4n) is 3.52. The number of hydrogen-bond acceptors (Lipinski definition) is 6. The van der Waals surface area contributed by atoms with E-state index in [2.05, 4.69) is 25.1 Å². The summed E-state index contributed by atoms with van der Waals surface area (Å²) in [5.41, 5.74) is 1.71. The molecule has 0 aliphatic carbocycles. The number of aryl methyl sites for hydroxylation is 1. The number of aromatic nitrogens is 4. The van der Waals surface area contributed by atoms with Gasteiger partial charge in [-0.3, -0.25) is 4.79 Å². The Labute approximate surface area is 176 Å². The van der Waals surface area contributed by atoms with Crippen LogP contribution in [0, 0.1) is 0 Å². The highest BCUT2D eigenvalue weighted by Crippen LogP contribution is 2.30. The number of thiophene rings is 1. The molecular weight excluding hydrogens is 402 g/mol. The third-order valence-corrected chi connectivity index (χ3v) is 6.98. The molecule has 0 saturated carbocycles. The zero-order chi connectivity index (χ0) is 19.6. The molecule has 0 saturated heterocycles. The molecule has 4 aromatic rings. The molecule has 3 aromatic heterocycles. The largest absolute Gasteiger partial charge is 0.321 e. The minimum atomic E-state index is -0.150. The van der Waals surface area contributed by atoms with Gasteiger partial charge in [-0.25, -0.2) is 4.98 Å². The third-order valence-electron chi connectivity index (χ3n) is 4.95. The number of thiazole rings is 1. The molecule has 1 N–H and O–H groups in total. The van der Waals surface area contributed by atoms with E-state index in [9.17, 15) is 4.79 Å². The van der Waals surface area contributed by atoms with E-state index in [-0.39, 0.29) is 5.91 Å². The van der Waals surface area contributed by atoms with Gasteiger partial charge in [0, 0.05) is 24.2 Å². The van der Waals surface area contributed by atoms with Crippen molar-refractivity contribution in [1.29, 1.82) is 0 Å². The van der Waals surface area contributed by atoms with Crippen molar-refractivity contribution in [3.63, 3.8) is 0 Å². The Kier molecular flexibility index (Phi) is 4.95. The molecule has 8 heteroatoms. The zero-order valence-corrected chi connectivity index (χ0v) is 17.3. The Morgan fingerprint density at radius 2 is 2.07 bits per heavy atom. The van der Waals surface area contributed by atoms with Gasteiger partial charge in [-0.05, 0) is 36.4 Å². The molecular formula is C21H19N5OS2. The van der Waals surface area contributed by atoms with Gasteiger partial charge in [0.15, 0.2) is 5.82 Å². The normalized spacial score (nSPS) is 13.7. The van der Waals surface area contributed by atoms with Gasteiger partial charge in [0.2, 0.25) is 0 Å². The zero-order valence-electron chi connectivity index (χ0n) is 15.7. The lowest BCUT2D eigenvalue weighted by Crippen LogP contribution is -2.10. The van der Waals surface area contributed by atoms with Crippen LogP contribution in [0.15, 0.2) is 48.0 Å². The first-order chi connectivity index (χ1) is 14.3. The van der Waals surface area contributed by atoms with E-state index >= 15 is 0 Å². The van der Waals surface area contributed by atoms with Gasteiger partial charge in [0.05, 0.1) is 11.1 Å². The van der Waals surface area contributed by atoms with Gasteiger partial charge in [-0.15, -0.1) is 32.9 Å². The first-order valence-electron chi connectivity index (χ1n) is 9.61. The molecule has 0 unspecified atom stereocenters. The minimum Gasteiger partial charge on any atom is -0.321 e. The standard InChI is InChI=1S/C21H19N5OS2/c27-20(17-13-22-21(29-17)16-8-5-11-28-16)23-15-7-4-6-14(12-15)19-25-24-18-9-2-1-3-10-26(18)19/h4-8,11-13H,1-3,9-10H2,(H,23,27). The predicted octanol–water partition coefficient (Wildman–Crippen LogP) is 5.11. The predicted molar refractivity (Wildman–Crippen MR) is 116 cm³/mol. The van der Waals surface area contributed by atoms with Gasteiger partial charge in [-0.1, -0.05) is 24.6 Å². The van der Waals surface area contributed by atoms with Crippen molar-refractivity contribution >= 4 is 34.3 Å². The first kappa shape index (κ1) is 18.2. The summed E-state index contributed by atoms with van der Waals surface area (Å²) in [4.78, 5) is 18.8. The van der Waals surface area contributed by atoms with Crippen LogP contribution in [0.3, 0.4) is 0 Å². The molecule has 1 aliphatic rings. The molecule has 146 valence electrons. The molecule has 5 rings (SSSR count). The van der Waals surface area contributed by atoms with Crippen molar-refractivity contribution < 1.29 is 4.79 Å². The van der Waals surface area contributed by atoms with Gasteiger partial charge < -0.3 is 9.88 Å². The molecule has 0 fully saturated rings. The van der Waals surface area contributed by atoms with Crippen molar-refractivity contribution in [2.75, 3.05) is 5.32 Å². The summed E-state index contributed by atoms with van der Waals surface area (Å²) in [6.07, 6.45) is 6.14. The average Bonchev–Trinajstić information content (AvgIpc) is 3.47. The lowest BCUT2D eigenvalue weighted by atomic mass is 10.2. The highest BCUT2D eigenvalue weighted by atomic mass is 32.1. The molecule has 29 heavy (non-hydrogen) atoms. The van der Waals surface area contributed by atoms with Crippen LogP contribution in [0.1, 0.15) is 34.8 Å². The van der Waals surface area contributed by atoms with Crippen LogP contribution < -0.4 is 5.32 Å². The quantitative estimate of drug-likeness (QED) is 0.497. The van der Waals surface area contributed by atoms with Gasteiger partial charge >= 0.3 is 0 Å². The summed E-state index contributed by atoms with van der Waals surface area (Å²) in [6, 6.07) is 11.8. The van der Waals surface area contributed by atoms with Crippen LogP contribution in [-0.2, 0) is 13.0 Å². The van der Waals surface area contributed by atoms with E-state index in [4.69, 9.17) is 0 Å². The Balaban J connectivity index is 1.37. The number of fused-ring (bicyclic) bond motifs is 1. The van der Waals surface area contributed by atoms with E-state index in [1.165, 1.54) is 17.8 Å². The van der Waals surface area contributed by atoms with Crippen molar-refractivity contribution in [2.45, 2.75) is 32.2 Å². The number of carbonyl (C=O) groups excluding carboxylic acids is 1. The lowest BCUT2D eigenvalue weighted by molar-refractivity contribution is 0.103. The number of carbonyl (C=O) groups is 1. The summed E-state index contributed by atoms with van der Waals surface area (Å²) >= 11 is 3.02. The number of hydrogen-bond donors (Lipinski definition) is 1. The molecule has 4 heterocycles. The molecule has 0 radical (unpaired) electrons. The number of anilines is 1. The minimum absolute atomic E-state index is 0.150. The van der Waals surface area contributed by atoms with Gasteiger partial charge in [0.25, 0.3) is 5.91 Å². The second kappa shape index (κ2) is 7.88. The fourth-order valence-corrected chi connectivity index (χ4v) is 5.14. The number of amides is 1. The molecule has 0 atom stereocenters. The van der Waals surface area contributed by atoms with Crippen molar-refractivity contribution in [1.82, 2.24) is 19.7 Å². The highest BCUT2D eigenvalue weighted by Gasteiger charge is 2.17. The molecule has 6 nitrogen and oxygen atoms in total. The van der Waals surface area contributed by atoms with E-state index in [0.29, 0.717) is 4.88 Å². The smallest absolute Gasteiger partial charge is 0.267 e. The SMILES string of the molecule is O=C(Nc1cccc(-c2nnc3n2CCCCC3)c1)c1cnc(-c2cccs2)s1. The Morgan fingerprint density at radius 3 is 2.97 bits per heavy atom. The summed E-state index contributed by atoms with van der Waals surface area (Å²) < 4.78 is 2.21. The average molecular weight is 422 g/mol. The number of benzene rings is 1. The van der Waals surface area contributed by atoms with E-state index in [0.717, 1.165) is 58.6 Å². The topological polar surface area (TPSA) is 72.7 Å². The Morgan fingerprint density at radius 1 is 1.10 bits per heavy atom. The molecule has 1 aliphatic heterocycles. The van der Waals surface area contributed by atoms with Crippen LogP contribution in [0.4, 0.5) is 5.69 Å². The van der Waals surface area contributed by atoms with Crippen molar-refractivity contribution in [3.8, 4) is 21.3 Å². The third kappa shape index (κ3) is 3.73. The maximum atomic E-state index is 12.7. The maximum Gasteiger partial charge on any atom is 0.267 e. The summed E-state index contributed by atoms with van der Waals surface area (Å²) in [6.45, 7) is 0.945. The second-order valence-electron chi connectivity index (χ2n) is 6.94. The number of nitrogens with one attached hydrogen (secondary N) is 1. The fraction of sp³-hybridized carbons (Fsp3) is 0.238. The number of rotatable bonds is 4. The van der Waals surface area contributed by atoms with E-state index in [1.807, 2.05) is 41.8 Å². The second-order valence-corrected chi connectivity index (χ2v) is 8.92. The van der Waals surface area contributed by atoms with Crippen LogP contribution in [0.5, 0.6) is 0 Å². The number of nitrogens with zero attached hydrogens (tertiary/aromatic N) is 4. The highest BCUT2D eigenvalue weighted by molar-refractivity contribution is 7.22. The summed E-state index contributed by atoms with van der Waals surface area (Å²) in [7, 11) is 0. The first-order valence-corrected chi connectivity index (χ1v) is 11.3. The molecule has 0 bridgehead atoms. The van der Waals surface area contributed by atoms with Gasteiger partial charge in [0.1, 0.15) is 15.7 Å². The summed E-state index contributed by atoms with van der Waals surface area (Å²) in [5.74, 6) is 1.77. The molecule has 1 aromatic carbocycles. The summed E-state index contributed by atoms with van der Waals surface area (Å²) in [5, 5.41) is 14.7. The molecule has 0 spiro atoms. The van der Waals surface area contributed by atoms with E-state index in [1.54, 1.807) is 17.5 Å². The van der Waals surface area contributed by atoms with Crippen molar-refractivity contribution in [3.05, 3.63) is 58.7 Å². The maximum absolute atomic E-state index is 12.7. The molecule has 1 amide bonds. The van der Waals surface area contributed by atoms with Crippen LogP contribution in [0.25, 0.3) is 21.3 Å². The van der Waals surface area contributed by atoms with Crippen LogP contribution in [-0.4, -0.2) is 25.7 Å². The monoisotopic (exact) mass is 421 g/mol. The lowest BCUT2D eigenvalue weighted by Gasteiger charge is -2.09. The van der Waals surface area contributed by atoms with E-state index < -0.39 is 0 Å². The Bertz CT molecular complexity index is 1150.